The van der Waals surface area contributed by atoms with Crippen molar-refractivity contribution in [3.05, 3.63) is 105 Å². The van der Waals surface area contributed by atoms with E-state index in [1.54, 1.807) is 60.7 Å². The first-order valence-corrected chi connectivity index (χ1v) is 9.74. The number of benzene rings is 3. The molecule has 0 saturated carbocycles. The van der Waals surface area contributed by atoms with Crippen molar-refractivity contribution >= 4 is 33.5 Å². The van der Waals surface area contributed by atoms with Crippen molar-refractivity contribution in [2.45, 2.75) is 13.8 Å². The highest BCUT2D eigenvalue weighted by Crippen LogP contribution is 2.18. The van der Waals surface area contributed by atoms with Crippen LogP contribution in [-0.2, 0) is 0 Å². The molecule has 29 heavy (non-hydrogen) atoms. The highest BCUT2D eigenvalue weighted by molar-refractivity contribution is 9.10. The molecule has 5 nitrogen and oxygen atoms in total. The van der Waals surface area contributed by atoms with Crippen LogP contribution in [0.4, 0.5) is 0 Å². The van der Waals surface area contributed by atoms with Crippen molar-refractivity contribution in [1.29, 1.82) is 0 Å². The van der Waals surface area contributed by atoms with Crippen molar-refractivity contribution in [2.24, 2.45) is 0 Å². The van der Waals surface area contributed by atoms with Gasteiger partial charge in [-0.15, -0.1) is 0 Å². The molecule has 146 valence electrons. The largest absolute Gasteiger partial charge is 0.289 e. The molecular weight excluding hydrogens is 432 g/mol. The minimum atomic E-state index is -0.571. The number of aryl methyl sites for hydroxylation is 2. The Morgan fingerprint density at radius 3 is 1.86 bits per heavy atom. The fraction of sp³-hybridized carbons (Fsp3) is 0.0870. The number of hydrogen-bond acceptors (Lipinski definition) is 3. The molecule has 2 amide bonds. The summed E-state index contributed by atoms with van der Waals surface area (Å²) in [5, 5.41) is 0. The Kier molecular flexibility index (Phi) is 6.24. The lowest BCUT2D eigenvalue weighted by molar-refractivity contribution is 0.0844. The average Bonchev–Trinajstić information content (AvgIpc) is 2.73. The highest BCUT2D eigenvalue weighted by Gasteiger charge is 2.19. The van der Waals surface area contributed by atoms with Gasteiger partial charge in [0, 0.05) is 15.6 Å². The molecule has 0 radical (unpaired) electrons. The van der Waals surface area contributed by atoms with Crippen LogP contribution in [0.2, 0.25) is 0 Å². The van der Waals surface area contributed by atoms with Gasteiger partial charge in [0.1, 0.15) is 0 Å². The van der Waals surface area contributed by atoms with Gasteiger partial charge >= 0.3 is 0 Å². The molecule has 0 aliphatic rings. The molecule has 0 bridgehead atoms. The van der Waals surface area contributed by atoms with E-state index in [9.17, 15) is 14.4 Å². The number of ketones is 1. The quantitative estimate of drug-likeness (QED) is 0.457. The minimum absolute atomic E-state index is 0.183. The van der Waals surface area contributed by atoms with Crippen molar-refractivity contribution in [3.8, 4) is 0 Å². The van der Waals surface area contributed by atoms with Gasteiger partial charge in [0.2, 0.25) is 0 Å². The molecule has 6 heteroatoms. The number of amides is 2. The average molecular weight is 451 g/mol. The fourth-order valence-corrected chi connectivity index (χ4v) is 3.28. The molecule has 0 atom stereocenters. The van der Waals surface area contributed by atoms with Crippen LogP contribution in [0.3, 0.4) is 0 Å². The zero-order valence-corrected chi connectivity index (χ0v) is 17.5. The Labute approximate surface area is 177 Å². The number of carbonyl (C=O) groups is 3. The molecule has 0 aliphatic heterocycles. The third-order valence-corrected chi connectivity index (χ3v) is 5.28. The van der Waals surface area contributed by atoms with Crippen molar-refractivity contribution < 1.29 is 14.4 Å². The molecule has 0 fully saturated rings. The van der Waals surface area contributed by atoms with Gasteiger partial charge in [-0.2, -0.15) is 0 Å². The monoisotopic (exact) mass is 450 g/mol. The van der Waals surface area contributed by atoms with Crippen molar-refractivity contribution in [2.75, 3.05) is 0 Å². The van der Waals surface area contributed by atoms with E-state index in [1.165, 1.54) is 0 Å². The van der Waals surface area contributed by atoms with E-state index < -0.39 is 11.8 Å². The molecule has 0 unspecified atom stereocenters. The lowest BCUT2D eigenvalue weighted by Crippen LogP contribution is -2.42. The van der Waals surface area contributed by atoms with Gasteiger partial charge in [0.05, 0.1) is 11.1 Å². The fourth-order valence-electron chi connectivity index (χ4n) is 2.81. The van der Waals surface area contributed by atoms with Gasteiger partial charge in [0.25, 0.3) is 11.8 Å². The maximum Gasteiger partial charge on any atom is 0.270 e. The molecule has 2 N–H and O–H groups in total. The second kappa shape index (κ2) is 8.84. The van der Waals surface area contributed by atoms with Gasteiger partial charge in [-0.25, -0.2) is 0 Å². The lowest BCUT2D eigenvalue weighted by Gasteiger charge is -2.12. The molecule has 0 saturated heterocycles. The molecule has 3 aromatic carbocycles. The van der Waals surface area contributed by atoms with Crippen LogP contribution in [-0.4, -0.2) is 17.6 Å². The first-order chi connectivity index (χ1) is 13.9. The second-order valence-electron chi connectivity index (χ2n) is 6.56. The van der Waals surface area contributed by atoms with Gasteiger partial charge in [0.15, 0.2) is 5.78 Å². The van der Waals surface area contributed by atoms with E-state index in [4.69, 9.17) is 0 Å². The van der Waals surface area contributed by atoms with Crippen LogP contribution in [0.5, 0.6) is 0 Å². The molecule has 0 spiro atoms. The molecule has 3 rings (SSSR count). The summed E-state index contributed by atoms with van der Waals surface area (Å²) < 4.78 is 0.608. The Morgan fingerprint density at radius 1 is 0.690 bits per heavy atom. The number of rotatable bonds is 4. The Hall–Kier alpha value is -3.25. The third kappa shape index (κ3) is 4.60. The molecule has 0 aromatic heterocycles. The van der Waals surface area contributed by atoms with E-state index in [0.29, 0.717) is 15.6 Å². The molecule has 0 heterocycles. The Bertz CT molecular complexity index is 1110. The van der Waals surface area contributed by atoms with Gasteiger partial charge in [-0.05, 0) is 65.2 Å². The highest BCUT2D eigenvalue weighted by atomic mass is 79.9. The van der Waals surface area contributed by atoms with Crippen LogP contribution >= 0.6 is 15.9 Å². The summed E-state index contributed by atoms with van der Waals surface area (Å²) in [4.78, 5) is 37.9. The first kappa shape index (κ1) is 20.5. The summed E-state index contributed by atoms with van der Waals surface area (Å²) in [6.07, 6.45) is 0. The summed E-state index contributed by atoms with van der Waals surface area (Å²) in [6.45, 7) is 3.90. The maximum absolute atomic E-state index is 13.0. The normalized spacial score (nSPS) is 10.3. The topological polar surface area (TPSA) is 75.3 Å². The zero-order chi connectivity index (χ0) is 21.0. The molecule has 0 aliphatic carbocycles. The number of hydrogen-bond donors (Lipinski definition) is 2. The van der Waals surface area contributed by atoms with Crippen molar-refractivity contribution in [3.63, 3.8) is 0 Å². The first-order valence-electron chi connectivity index (χ1n) is 8.94. The van der Waals surface area contributed by atoms with Crippen molar-refractivity contribution in [1.82, 2.24) is 10.9 Å². The molecular formula is C23H19BrN2O3. The SMILES string of the molecule is Cc1ccc(C(=O)c2ccccc2C(=O)NNC(=O)c2ccccc2Br)cc1C. The van der Waals surface area contributed by atoms with Crippen LogP contribution in [0, 0.1) is 13.8 Å². The van der Waals surface area contributed by atoms with E-state index in [-0.39, 0.29) is 16.9 Å². The van der Waals surface area contributed by atoms with E-state index in [1.807, 2.05) is 19.9 Å². The lowest BCUT2D eigenvalue weighted by atomic mass is 9.96. The zero-order valence-electron chi connectivity index (χ0n) is 16.0. The maximum atomic E-state index is 13.0. The standard InChI is InChI=1S/C23H19BrN2O3/c1-14-11-12-16(13-15(14)2)21(27)17-7-3-4-8-18(17)22(28)25-26-23(29)19-9-5-6-10-20(19)24/h3-13H,1-2H3,(H,25,28)(H,26,29). The van der Waals surface area contributed by atoms with Gasteiger partial charge in [-0.3, -0.25) is 25.2 Å². The summed E-state index contributed by atoms with van der Waals surface area (Å²) in [5.41, 5.74) is 8.18. The summed E-state index contributed by atoms with van der Waals surface area (Å²) >= 11 is 3.30. The molecule has 3 aromatic rings. The number of hydrazine groups is 1. The summed E-state index contributed by atoms with van der Waals surface area (Å²) in [6, 6.07) is 18.8. The Morgan fingerprint density at radius 2 is 1.24 bits per heavy atom. The Balaban J connectivity index is 1.80. The number of nitrogens with one attached hydrogen (secondary N) is 2. The number of carbonyl (C=O) groups excluding carboxylic acids is 3. The minimum Gasteiger partial charge on any atom is -0.289 e. The van der Waals surface area contributed by atoms with Gasteiger partial charge < -0.3 is 0 Å². The van der Waals surface area contributed by atoms with Crippen LogP contribution in [0.15, 0.2) is 71.2 Å². The van der Waals surface area contributed by atoms with Crippen LogP contribution in [0.25, 0.3) is 0 Å². The van der Waals surface area contributed by atoms with Crippen LogP contribution in [0.1, 0.15) is 47.8 Å². The summed E-state index contributed by atoms with van der Waals surface area (Å²) in [7, 11) is 0. The number of halogens is 1. The third-order valence-electron chi connectivity index (χ3n) is 4.59. The van der Waals surface area contributed by atoms with Crippen LogP contribution < -0.4 is 10.9 Å². The van der Waals surface area contributed by atoms with Gasteiger partial charge in [-0.1, -0.05) is 42.5 Å². The summed E-state index contributed by atoms with van der Waals surface area (Å²) in [5.74, 6) is -1.29. The van der Waals surface area contributed by atoms with E-state index in [2.05, 4.69) is 26.8 Å². The van der Waals surface area contributed by atoms with E-state index >= 15 is 0 Å². The predicted molar refractivity (Wildman–Crippen MR) is 115 cm³/mol. The smallest absolute Gasteiger partial charge is 0.270 e. The predicted octanol–water partition coefficient (Wildman–Crippen LogP) is 4.37. The second-order valence-corrected chi connectivity index (χ2v) is 7.42. The van der Waals surface area contributed by atoms with E-state index in [0.717, 1.165) is 11.1 Å².